The van der Waals surface area contributed by atoms with Crippen LogP contribution in [0.25, 0.3) is 0 Å². The van der Waals surface area contributed by atoms with E-state index in [1.54, 1.807) is 0 Å². The topological polar surface area (TPSA) is 33.7 Å². The standard InChI is InChI=1S/C15H28N2O2/c1-2-10-18-15(5-1)19-11-9-17(14-6-7-14)12-13-4-3-8-16-13/h13-16H,1-12H2. The number of nitrogens with zero attached hydrogens (tertiary/aromatic N) is 1. The van der Waals surface area contributed by atoms with Crippen LogP contribution in [0.2, 0.25) is 0 Å². The van der Waals surface area contributed by atoms with Gasteiger partial charge in [-0.25, -0.2) is 0 Å². The molecule has 1 N–H and O–H groups in total. The molecule has 2 atom stereocenters. The Hall–Kier alpha value is -0.160. The summed E-state index contributed by atoms with van der Waals surface area (Å²) >= 11 is 0. The molecule has 19 heavy (non-hydrogen) atoms. The molecule has 0 amide bonds. The van der Waals surface area contributed by atoms with Crippen molar-refractivity contribution in [3.8, 4) is 0 Å². The lowest BCUT2D eigenvalue weighted by Crippen LogP contribution is -2.41. The van der Waals surface area contributed by atoms with E-state index in [-0.39, 0.29) is 6.29 Å². The highest BCUT2D eigenvalue weighted by Gasteiger charge is 2.31. The van der Waals surface area contributed by atoms with Gasteiger partial charge in [0.05, 0.1) is 6.61 Å². The third-order valence-corrected chi connectivity index (χ3v) is 4.50. The lowest BCUT2D eigenvalue weighted by molar-refractivity contribution is -0.164. The van der Waals surface area contributed by atoms with Crippen LogP contribution in [-0.2, 0) is 9.47 Å². The zero-order chi connectivity index (χ0) is 12.9. The Morgan fingerprint density at radius 1 is 1.11 bits per heavy atom. The Morgan fingerprint density at radius 3 is 2.74 bits per heavy atom. The molecule has 4 heteroatoms. The molecule has 4 nitrogen and oxygen atoms in total. The Bertz CT molecular complexity index is 259. The van der Waals surface area contributed by atoms with Gasteiger partial charge in [-0.3, -0.25) is 4.90 Å². The van der Waals surface area contributed by atoms with E-state index in [1.807, 2.05) is 0 Å². The fourth-order valence-electron chi connectivity index (χ4n) is 3.20. The maximum absolute atomic E-state index is 5.87. The number of hydrogen-bond donors (Lipinski definition) is 1. The van der Waals surface area contributed by atoms with Crippen LogP contribution >= 0.6 is 0 Å². The van der Waals surface area contributed by atoms with Gasteiger partial charge in [0.1, 0.15) is 0 Å². The van der Waals surface area contributed by atoms with Gasteiger partial charge in [0.2, 0.25) is 0 Å². The third kappa shape index (κ3) is 4.42. The normalized spacial score (nSPS) is 32.1. The molecule has 3 rings (SSSR count). The van der Waals surface area contributed by atoms with Crippen LogP contribution in [0, 0.1) is 0 Å². The molecule has 0 aromatic rings. The van der Waals surface area contributed by atoms with Gasteiger partial charge in [-0.1, -0.05) is 0 Å². The van der Waals surface area contributed by atoms with E-state index in [9.17, 15) is 0 Å². The molecular weight excluding hydrogens is 240 g/mol. The predicted octanol–water partition coefficient (Wildman–Crippen LogP) is 1.75. The zero-order valence-corrected chi connectivity index (χ0v) is 12.0. The number of ether oxygens (including phenoxy) is 2. The van der Waals surface area contributed by atoms with Crippen molar-refractivity contribution < 1.29 is 9.47 Å². The first-order valence-corrected chi connectivity index (χ1v) is 8.12. The van der Waals surface area contributed by atoms with E-state index in [1.165, 1.54) is 51.6 Å². The lowest BCUT2D eigenvalue weighted by Gasteiger charge is -2.27. The molecule has 110 valence electrons. The molecule has 2 unspecified atom stereocenters. The minimum Gasteiger partial charge on any atom is -0.353 e. The molecule has 1 aliphatic carbocycles. The Morgan fingerprint density at radius 2 is 2.05 bits per heavy atom. The molecule has 2 saturated heterocycles. The first-order valence-electron chi connectivity index (χ1n) is 8.12. The maximum Gasteiger partial charge on any atom is 0.157 e. The van der Waals surface area contributed by atoms with Crippen LogP contribution in [0.4, 0.5) is 0 Å². The van der Waals surface area contributed by atoms with Crippen molar-refractivity contribution in [3.05, 3.63) is 0 Å². The molecule has 1 saturated carbocycles. The molecular formula is C15H28N2O2. The molecule has 0 aromatic heterocycles. The summed E-state index contributed by atoms with van der Waals surface area (Å²) in [7, 11) is 0. The number of rotatable bonds is 7. The summed E-state index contributed by atoms with van der Waals surface area (Å²) in [6, 6.07) is 1.55. The van der Waals surface area contributed by atoms with Crippen molar-refractivity contribution in [2.24, 2.45) is 0 Å². The summed E-state index contributed by atoms with van der Waals surface area (Å²) in [6.07, 6.45) is 9.04. The van der Waals surface area contributed by atoms with E-state index in [4.69, 9.17) is 9.47 Å². The van der Waals surface area contributed by atoms with Crippen LogP contribution < -0.4 is 5.32 Å². The van der Waals surface area contributed by atoms with Gasteiger partial charge in [0.25, 0.3) is 0 Å². The SMILES string of the molecule is C1CCC(OCCN(CC2CCCN2)C2CC2)OC1. The van der Waals surface area contributed by atoms with Crippen LogP contribution in [0.15, 0.2) is 0 Å². The highest BCUT2D eigenvalue weighted by atomic mass is 16.7. The molecule has 0 spiro atoms. The first-order chi connectivity index (χ1) is 9.42. The van der Waals surface area contributed by atoms with Crippen molar-refractivity contribution in [2.45, 2.75) is 63.3 Å². The van der Waals surface area contributed by atoms with Gasteiger partial charge >= 0.3 is 0 Å². The van der Waals surface area contributed by atoms with Gasteiger partial charge in [0, 0.05) is 31.8 Å². The molecule has 2 aliphatic heterocycles. The smallest absolute Gasteiger partial charge is 0.157 e. The third-order valence-electron chi connectivity index (χ3n) is 4.50. The summed E-state index contributed by atoms with van der Waals surface area (Å²) in [6.45, 7) is 5.19. The van der Waals surface area contributed by atoms with Crippen LogP contribution in [0.1, 0.15) is 44.9 Å². The maximum atomic E-state index is 5.87. The van der Waals surface area contributed by atoms with Crippen LogP contribution in [0.3, 0.4) is 0 Å². The average Bonchev–Trinajstić information content (AvgIpc) is 3.17. The van der Waals surface area contributed by atoms with Crippen molar-refractivity contribution in [2.75, 3.05) is 32.8 Å². The molecule has 2 heterocycles. The summed E-state index contributed by atoms with van der Waals surface area (Å²) in [5.41, 5.74) is 0. The van der Waals surface area contributed by atoms with E-state index >= 15 is 0 Å². The summed E-state index contributed by atoms with van der Waals surface area (Å²) in [5.74, 6) is 0. The minimum atomic E-state index is 0.0689. The second-order valence-electron chi connectivity index (χ2n) is 6.19. The monoisotopic (exact) mass is 268 g/mol. The minimum absolute atomic E-state index is 0.0689. The molecule has 0 bridgehead atoms. The lowest BCUT2D eigenvalue weighted by atomic mass is 10.2. The second-order valence-corrected chi connectivity index (χ2v) is 6.19. The van der Waals surface area contributed by atoms with Gasteiger partial charge in [-0.15, -0.1) is 0 Å². The summed E-state index contributed by atoms with van der Waals surface area (Å²) < 4.78 is 11.5. The fraction of sp³-hybridized carbons (Fsp3) is 1.00. The highest BCUT2D eigenvalue weighted by molar-refractivity contribution is 4.88. The Labute approximate surface area is 116 Å². The van der Waals surface area contributed by atoms with E-state index < -0.39 is 0 Å². The summed E-state index contributed by atoms with van der Waals surface area (Å²) in [4.78, 5) is 2.63. The Kier molecular flexibility index (Phi) is 5.10. The van der Waals surface area contributed by atoms with Gasteiger partial charge in [-0.2, -0.15) is 0 Å². The van der Waals surface area contributed by atoms with Crippen LogP contribution in [-0.4, -0.2) is 56.1 Å². The molecule has 0 radical (unpaired) electrons. The number of nitrogens with one attached hydrogen (secondary N) is 1. The largest absolute Gasteiger partial charge is 0.353 e. The van der Waals surface area contributed by atoms with E-state index in [0.717, 1.165) is 32.2 Å². The van der Waals surface area contributed by atoms with Crippen molar-refractivity contribution in [1.29, 1.82) is 0 Å². The van der Waals surface area contributed by atoms with Crippen molar-refractivity contribution >= 4 is 0 Å². The summed E-state index contributed by atoms with van der Waals surface area (Å²) in [5, 5.41) is 3.60. The van der Waals surface area contributed by atoms with Crippen LogP contribution in [0.5, 0.6) is 0 Å². The van der Waals surface area contributed by atoms with Crippen molar-refractivity contribution in [3.63, 3.8) is 0 Å². The molecule has 0 aromatic carbocycles. The van der Waals surface area contributed by atoms with Crippen molar-refractivity contribution in [1.82, 2.24) is 10.2 Å². The Balaban J connectivity index is 1.35. The van der Waals surface area contributed by atoms with Gasteiger partial charge in [-0.05, 0) is 51.5 Å². The number of hydrogen-bond acceptors (Lipinski definition) is 4. The molecule has 3 aliphatic rings. The molecule has 3 fully saturated rings. The quantitative estimate of drug-likeness (QED) is 0.762. The first kappa shape index (κ1) is 13.8. The second kappa shape index (κ2) is 7.02. The zero-order valence-electron chi connectivity index (χ0n) is 12.0. The predicted molar refractivity (Wildman–Crippen MR) is 75.2 cm³/mol. The van der Waals surface area contributed by atoms with Gasteiger partial charge < -0.3 is 14.8 Å². The highest BCUT2D eigenvalue weighted by Crippen LogP contribution is 2.27. The van der Waals surface area contributed by atoms with Gasteiger partial charge in [0.15, 0.2) is 6.29 Å². The fourth-order valence-corrected chi connectivity index (χ4v) is 3.20. The average molecular weight is 268 g/mol. The van der Waals surface area contributed by atoms with E-state index in [0.29, 0.717) is 6.04 Å². The van der Waals surface area contributed by atoms with E-state index in [2.05, 4.69) is 10.2 Å².